The van der Waals surface area contributed by atoms with Gasteiger partial charge in [-0.15, -0.1) is 0 Å². The van der Waals surface area contributed by atoms with Crippen molar-refractivity contribution in [2.24, 2.45) is 0 Å². The molecule has 0 aliphatic heterocycles. The molecular formula is C20H16F2N2O2. The molecule has 1 aromatic heterocycles. The minimum Gasteiger partial charge on any atom is -0.495 e. The van der Waals surface area contributed by atoms with Crippen molar-refractivity contribution in [3.05, 3.63) is 66.5 Å². The molecule has 0 saturated heterocycles. The van der Waals surface area contributed by atoms with Crippen LogP contribution in [-0.4, -0.2) is 18.0 Å². The number of nitrogens with zero attached hydrogens (tertiary/aromatic N) is 1. The summed E-state index contributed by atoms with van der Waals surface area (Å²) >= 11 is 0. The largest absolute Gasteiger partial charge is 0.495 e. The molecule has 132 valence electrons. The first-order valence-electron chi connectivity index (χ1n) is 7.85. The number of hydrogen-bond donors (Lipinski definition) is 1. The van der Waals surface area contributed by atoms with Crippen LogP contribution in [0.4, 0.5) is 14.5 Å². The predicted molar refractivity (Wildman–Crippen MR) is 95.9 cm³/mol. The monoisotopic (exact) mass is 354 g/mol. The van der Waals surface area contributed by atoms with Crippen molar-refractivity contribution in [2.75, 3.05) is 12.4 Å². The number of halogens is 2. The van der Waals surface area contributed by atoms with Crippen LogP contribution >= 0.6 is 0 Å². The molecule has 0 radical (unpaired) electrons. The highest BCUT2D eigenvalue weighted by Gasteiger charge is 2.20. The molecule has 0 aliphatic rings. The number of rotatable bonds is 4. The molecule has 0 aliphatic carbocycles. The van der Waals surface area contributed by atoms with Gasteiger partial charge in [-0.3, -0.25) is 9.78 Å². The highest BCUT2D eigenvalue weighted by Crippen LogP contribution is 2.44. The van der Waals surface area contributed by atoms with Crippen molar-refractivity contribution in [3.63, 3.8) is 0 Å². The standard InChI is InChI=1S/C20H16F2N2O2/c1-12(25)24-18-6-5-15(13-7-9-23-10-8-13)20(26-2)19(18)16-4-3-14(21)11-17(16)22/h3-11H,1-2H3,(H,24,25). The van der Waals surface area contributed by atoms with E-state index in [1.54, 1.807) is 36.7 Å². The normalized spacial score (nSPS) is 10.5. The fraction of sp³-hybridized carbons (Fsp3) is 0.100. The summed E-state index contributed by atoms with van der Waals surface area (Å²) in [7, 11) is 1.46. The van der Waals surface area contributed by atoms with Crippen molar-refractivity contribution < 1.29 is 18.3 Å². The van der Waals surface area contributed by atoms with E-state index in [-0.39, 0.29) is 11.5 Å². The van der Waals surface area contributed by atoms with Crippen molar-refractivity contribution in [2.45, 2.75) is 6.92 Å². The van der Waals surface area contributed by atoms with E-state index in [2.05, 4.69) is 10.3 Å². The Morgan fingerprint density at radius 3 is 2.35 bits per heavy atom. The summed E-state index contributed by atoms with van der Waals surface area (Å²) in [6.07, 6.45) is 3.27. The smallest absolute Gasteiger partial charge is 0.221 e. The van der Waals surface area contributed by atoms with Gasteiger partial charge in [0.2, 0.25) is 5.91 Å². The lowest BCUT2D eigenvalue weighted by atomic mass is 9.95. The fourth-order valence-corrected chi connectivity index (χ4v) is 2.81. The molecule has 2 aromatic carbocycles. The highest BCUT2D eigenvalue weighted by atomic mass is 19.1. The lowest BCUT2D eigenvalue weighted by Crippen LogP contribution is -2.08. The molecule has 4 nitrogen and oxygen atoms in total. The number of ether oxygens (including phenoxy) is 1. The van der Waals surface area contributed by atoms with Crippen LogP contribution in [0.1, 0.15) is 6.92 Å². The van der Waals surface area contributed by atoms with Crippen molar-refractivity contribution in [1.29, 1.82) is 0 Å². The van der Waals surface area contributed by atoms with Gasteiger partial charge >= 0.3 is 0 Å². The Balaban J connectivity index is 2.32. The molecule has 6 heteroatoms. The Morgan fingerprint density at radius 1 is 1.04 bits per heavy atom. The maximum atomic E-state index is 14.5. The number of methoxy groups -OCH3 is 1. The topological polar surface area (TPSA) is 51.2 Å². The predicted octanol–water partition coefficient (Wildman–Crippen LogP) is 4.66. The summed E-state index contributed by atoms with van der Waals surface area (Å²) < 4.78 is 33.4. The maximum Gasteiger partial charge on any atom is 0.221 e. The number of pyridine rings is 1. The van der Waals surface area contributed by atoms with E-state index >= 15 is 0 Å². The molecule has 0 unspecified atom stereocenters. The zero-order valence-corrected chi connectivity index (χ0v) is 14.2. The van der Waals surface area contributed by atoms with Gasteiger partial charge in [0.25, 0.3) is 0 Å². The van der Waals surface area contributed by atoms with Crippen LogP contribution in [0.15, 0.2) is 54.9 Å². The first kappa shape index (κ1) is 17.5. The average molecular weight is 354 g/mol. The Kier molecular flexibility index (Phi) is 4.93. The minimum absolute atomic E-state index is 0.128. The zero-order valence-electron chi connectivity index (χ0n) is 14.2. The Bertz CT molecular complexity index is 960. The fourth-order valence-electron chi connectivity index (χ4n) is 2.81. The summed E-state index contributed by atoms with van der Waals surface area (Å²) in [5.74, 6) is -1.38. The van der Waals surface area contributed by atoms with Gasteiger partial charge in [0.05, 0.1) is 18.4 Å². The third kappa shape index (κ3) is 3.39. The molecular weight excluding hydrogens is 338 g/mol. The number of hydrogen-bond acceptors (Lipinski definition) is 3. The van der Waals surface area contributed by atoms with Gasteiger partial charge in [-0.2, -0.15) is 0 Å². The molecule has 26 heavy (non-hydrogen) atoms. The number of carbonyl (C=O) groups is 1. The number of amides is 1. The van der Waals surface area contributed by atoms with Crippen LogP contribution < -0.4 is 10.1 Å². The maximum absolute atomic E-state index is 14.5. The van der Waals surface area contributed by atoms with Gasteiger partial charge in [0.1, 0.15) is 17.4 Å². The van der Waals surface area contributed by atoms with Crippen molar-refractivity contribution in [3.8, 4) is 28.0 Å². The summed E-state index contributed by atoms with van der Waals surface area (Å²) in [5, 5.41) is 2.68. The second kappa shape index (κ2) is 7.31. The SMILES string of the molecule is COc1c(-c2ccncc2)ccc(NC(C)=O)c1-c1ccc(F)cc1F. The van der Waals surface area contributed by atoms with Gasteiger partial charge in [-0.25, -0.2) is 8.78 Å². The highest BCUT2D eigenvalue weighted by molar-refractivity contribution is 5.98. The molecule has 0 bridgehead atoms. The Labute approximate surface area is 149 Å². The van der Waals surface area contributed by atoms with Gasteiger partial charge in [-0.05, 0) is 42.0 Å². The van der Waals surface area contributed by atoms with Crippen LogP contribution in [-0.2, 0) is 4.79 Å². The van der Waals surface area contributed by atoms with E-state index in [9.17, 15) is 13.6 Å². The van der Waals surface area contributed by atoms with Crippen molar-refractivity contribution in [1.82, 2.24) is 4.98 Å². The summed E-state index contributed by atoms with van der Waals surface area (Å²) in [6.45, 7) is 1.36. The molecule has 3 aromatic rings. The van der Waals surface area contributed by atoms with E-state index in [1.807, 2.05) is 0 Å². The summed E-state index contributed by atoms with van der Waals surface area (Å²) in [6, 6.07) is 10.3. The first-order chi connectivity index (χ1) is 12.5. The number of nitrogens with one attached hydrogen (secondary N) is 1. The number of aromatic nitrogens is 1. The van der Waals surface area contributed by atoms with Gasteiger partial charge in [-0.1, -0.05) is 0 Å². The molecule has 3 rings (SSSR count). The van der Waals surface area contributed by atoms with Gasteiger partial charge in [0, 0.05) is 36.5 Å². The van der Waals surface area contributed by atoms with Crippen LogP contribution in [0, 0.1) is 11.6 Å². The van der Waals surface area contributed by atoms with E-state index in [0.717, 1.165) is 17.7 Å². The first-order valence-corrected chi connectivity index (χ1v) is 7.85. The average Bonchev–Trinajstić information content (AvgIpc) is 2.62. The van der Waals surface area contributed by atoms with Crippen LogP contribution in [0.25, 0.3) is 22.3 Å². The molecule has 0 fully saturated rings. The van der Waals surface area contributed by atoms with Crippen LogP contribution in [0.5, 0.6) is 5.75 Å². The zero-order chi connectivity index (χ0) is 18.7. The molecule has 0 atom stereocenters. The van der Waals surface area contributed by atoms with E-state index < -0.39 is 11.6 Å². The molecule has 1 heterocycles. The van der Waals surface area contributed by atoms with Gasteiger partial charge in [0.15, 0.2) is 0 Å². The number of benzene rings is 2. The Morgan fingerprint density at radius 2 is 1.73 bits per heavy atom. The molecule has 1 N–H and O–H groups in total. The molecule has 0 saturated carbocycles. The van der Waals surface area contributed by atoms with E-state index in [4.69, 9.17) is 4.74 Å². The van der Waals surface area contributed by atoms with E-state index in [1.165, 1.54) is 20.1 Å². The number of anilines is 1. The number of carbonyl (C=O) groups excluding carboxylic acids is 1. The van der Waals surface area contributed by atoms with Crippen molar-refractivity contribution >= 4 is 11.6 Å². The second-order valence-corrected chi connectivity index (χ2v) is 5.61. The summed E-state index contributed by atoms with van der Waals surface area (Å²) in [5.41, 5.74) is 2.35. The third-order valence-electron chi connectivity index (χ3n) is 3.86. The van der Waals surface area contributed by atoms with Crippen LogP contribution in [0.3, 0.4) is 0 Å². The van der Waals surface area contributed by atoms with Crippen LogP contribution in [0.2, 0.25) is 0 Å². The van der Waals surface area contributed by atoms with E-state index in [0.29, 0.717) is 22.6 Å². The summed E-state index contributed by atoms with van der Waals surface area (Å²) in [4.78, 5) is 15.6. The lowest BCUT2D eigenvalue weighted by molar-refractivity contribution is -0.114. The lowest BCUT2D eigenvalue weighted by Gasteiger charge is -2.19. The molecule has 1 amide bonds. The second-order valence-electron chi connectivity index (χ2n) is 5.61. The Hall–Kier alpha value is -3.28. The van der Waals surface area contributed by atoms with Gasteiger partial charge < -0.3 is 10.1 Å². The third-order valence-corrected chi connectivity index (χ3v) is 3.86. The quantitative estimate of drug-likeness (QED) is 0.741. The molecule has 0 spiro atoms. The minimum atomic E-state index is -0.748.